The molecule has 0 fully saturated rings. The zero-order valence-electron chi connectivity index (χ0n) is 18.2. The van der Waals surface area contributed by atoms with Crippen molar-refractivity contribution in [1.82, 2.24) is 4.98 Å². The predicted molar refractivity (Wildman–Crippen MR) is 124 cm³/mol. The molecule has 0 spiro atoms. The third kappa shape index (κ3) is 4.77. The Labute approximate surface area is 182 Å². The van der Waals surface area contributed by atoms with Crippen LogP contribution in [0.1, 0.15) is 36.5 Å². The fourth-order valence-corrected chi connectivity index (χ4v) is 3.33. The Balaban J connectivity index is 1.43. The topological polar surface area (TPSA) is 64.4 Å². The molecule has 0 aliphatic carbocycles. The molecular formula is C26H26N2O3. The number of carbonyl (C=O) groups is 1. The van der Waals surface area contributed by atoms with Gasteiger partial charge in [0.2, 0.25) is 5.89 Å². The average Bonchev–Trinajstić information content (AvgIpc) is 3.16. The Morgan fingerprint density at radius 1 is 1.03 bits per heavy atom. The van der Waals surface area contributed by atoms with Gasteiger partial charge in [0.25, 0.3) is 5.91 Å². The van der Waals surface area contributed by atoms with Crippen molar-refractivity contribution in [2.24, 2.45) is 0 Å². The molecule has 0 radical (unpaired) electrons. The summed E-state index contributed by atoms with van der Waals surface area (Å²) in [5.41, 5.74) is 6.61. The van der Waals surface area contributed by atoms with Crippen molar-refractivity contribution in [3.63, 3.8) is 0 Å². The van der Waals surface area contributed by atoms with Gasteiger partial charge in [0.15, 0.2) is 12.2 Å². The molecule has 3 aromatic carbocycles. The summed E-state index contributed by atoms with van der Waals surface area (Å²) in [6.45, 7) is 8.32. The van der Waals surface area contributed by atoms with Crippen LogP contribution >= 0.6 is 0 Å². The quantitative estimate of drug-likeness (QED) is 0.405. The van der Waals surface area contributed by atoms with Gasteiger partial charge < -0.3 is 14.5 Å². The van der Waals surface area contributed by atoms with E-state index in [1.807, 2.05) is 67.6 Å². The number of nitrogens with one attached hydrogen (secondary N) is 1. The van der Waals surface area contributed by atoms with Gasteiger partial charge in [0.05, 0.1) is 0 Å². The molecule has 0 unspecified atom stereocenters. The fraction of sp³-hybridized carbons (Fsp3) is 0.231. The lowest BCUT2D eigenvalue weighted by Gasteiger charge is -2.10. The summed E-state index contributed by atoms with van der Waals surface area (Å²) in [5, 5.41) is 2.87. The van der Waals surface area contributed by atoms with Crippen molar-refractivity contribution in [3.05, 3.63) is 77.4 Å². The lowest BCUT2D eigenvalue weighted by atomic mass is 10.0. The van der Waals surface area contributed by atoms with Crippen LogP contribution in [-0.4, -0.2) is 17.5 Å². The summed E-state index contributed by atoms with van der Waals surface area (Å²) in [4.78, 5) is 16.9. The molecule has 5 heteroatoms. The Bertz CT molecular complexity index is 1180. The number of nitrogens with zero attached hydrogens (tertiary/aromatic N) is 1. The SMILES string of the molecule is Cc1cc2nc(-c3cccc(NC(=O)COc4ccc(C(C)C)cc4)c3)oc2cc1C. The highest BCUT2D eigenvalue weighted by Gasteiger charge is 2.11. The number of aromatic nitrogens is 1. The molecule has 4 rings (SSSR count). The van der Waals surface area contributed by atoms with Gasteiger partial charge in [0, 0.05) is 11.3 Å². The van der Waals surface area contributed by atoms with Gasteiger partial charge in [-0.05, 0) is 78.9 Å². The van der Waals surface area contributed by atoms with Crippen LogP contribution in [0.3, 0.4) is 0 Å². The van der Waals surface area contributed by atoms with Crippen molar-refractivity contribution in [2.75, 3.05) is 11.9 Å². The first-order valence-electron chi connectivity index (χ1n) is 10.4. The zero-order chi connectivity index (χ0) is 22.0. The van der Waals surface area contributed by atoms with E-state index < -0.39 is 0 Å². The molecule has 31 heavy (non-hydrogen) atoms. The highest BCUT2D eigenvalue weighted by molar-refractivity contribution is 5.92. The second-order valence-corrected chi connectivity index (χ2v) is 8.06. The number of rotatable bonds is 6. The third-order valence-electron chi connectivity index (χ3n) is 5.31. The normalized spacial score (nSPS) is 11.1. The van der Waals surface area contributed by atoms with Crippen LogP contribution in [-0.2, 0) is 4.79 Å². The van der Waals surface area contributed by atoms with Gasteiger partial charge in [0.1, 0.15) is 11.3 Å². The number of anilines is 1. The zero-order valence-corrected chi connectivity index (χ0v) is 18.2. The monoisotopic (exact) mass is 414 g/mol. The molecule has 4 aromatic rings. The first kappa shape index (κ1) is 20.7. The van der Waals surface area contributed by atoms with E-state index in [2.05, 4.69) is 31.1 Å². The van der Waals surface area contributed by atoms with E-state index in [1.165, 1.54) is 11.1 Å². The van der Waals surface area contributed by atoms with Crippen molar-refractivity contribution in [1.29, 1.82) is 0 Å². The second kappa shape index (κ2) is 8.64. The molecule has 0 aliphatic heterocycles. The number of benzene rings is 3. The molecule has 5 nitrogen and oxygen atoms in total. The largest absolute Gasteiger partial charge is 0.484 e. The lowest BCUT2D eigenvalue weighted by Crippen LogP contribution is -2.20. The van der Waals surface area contributed by atoms with Gasteiger partial charge in [-0.1, -0.05) is 32.0 Å². The molecule has 1 aromatic heterocycles. The molecule has 1 heterocycles. The third-order valence-corrected chi connectivity index (χ3v) is 5.31. The summed E-state index contributed by atoms with van der Waals surface area (Å²) in [6, 6.07) is 19.3. The summed E-state index contributed by atoms with van der Waals surface area (Å²) in [7, 11) is 0. The number of fused-ring (bicyclic) bond motifs is 1. The highest BCUT2D eigenvalue weighted by atomic mass is 16.5. The van der Waals surface area contributed by atoms with Crippen molar-refractivity contribution in [3.8, 4) is 17.2 Å². The number of aryl methyl sites for hydroxylation is 2. The molecule has 0 atom stereocenters. The van der Waals surface area contributed by atoms with Crippen LogP contribution in [0.25, 0.3) is 22.6 Å². The highest BCUT2D eigenvalue weighted by Crippen LogP contribution is 2.28. The Morgan fingerprint density at radius 2 is 1.77 bits per heavy atom. The summed E-state index contributed by atoms with van der Waals surface area (Å²) < 4.78 is 11.5. The van der Waals surface area contributed by atoms with Crippen LogP contribution in [0.5, 0.6) is 5.75 Å². The summed E-state index contributed by atoms with van der Waals surface area (Å²) >= 11 is 0. The van der Waals surface area contributed by atoms with E-state index >= 15 is 0 Å². The molecular weight excluding hydrogens is 388 g/mol. The first-order chi connectivity index (χ1) is 14.9. The smallest absolute Gasteiger partial charge is 0.262 e. The van der Waals surface area contributed by atoms with Crippen molar-refractivity contribution >= 4 is 22.7 Å². The molecule has 158 valence electrons. The molecule has 1 N–H and O–H groups in total. The second-order valence-electron chi connectivity index (χ2n) is 8.06. The van der Waals surface area contributed by atoms with Crippen molar-refractivity contribution in [2.45, 2.75) is 33.6 Å². The van der Waals surface area contributed by atoms with Gasteiger partial charge in [-0.3, -0.25) is 4.79 Å². The molecule has 0 bridgehead atoms. The number of hydrogen-bond acceptors (Lipinski definition) is 4. The summed E-state index contributed by atoms with van der Waals surface area (Å²) in [5.74, 6) is 1.43. The molecule has 0 saturated carbocycles. The van der Waals surface area contributed by atoms with E-state index in [-0.39, 0.29) is 12.5 Å². The van der Waals surface area contributed by atoms with Crippen molar-refractivity contribution < 1.29 is 13.9 Å². The van der Waals surface area contributed by atoms with Crippen LogP contribution < -0.4 is 10.1 Å². The lowest BCUT2D eigenvalue weighted by molar-refractivity contribution is -0.118. The average molecular weight is 415 g/mol. The Kier molecular flexibility index (Phi) is 5.76. The maximum absolute atomic E-state index is 12.3. The molecule has 0 saturated heterocycles. The summed E-state index contributed by atoms with van der Waals surface area (Å²) in [6.07, 6.45) is 0. The number of carbonyl (C=O) groups excluding carboxylic acids is 1. The molecule has 0 aliphatic rings. The minimum atomic E-state index is -0.228. The molecule has 1 amide bonds. The van der Waals surface area contributed by atoms with E-state index in [0.717, 1.165) is 22.2 Å². The maximum atomic E-state index is 12.3. The number of hydrogen-bond donors (Lipinski definition) is 1. The van der Waals surface area contributed by atoms with Gasteiger partial charge in [-0.2, -0.15) is 0 Å². The van der Waals surface area contributed by atoms with Crippen LogP contribution in [0, 0.1) is 13.8 Å². The fourth-order valence-electron chi connectivity index (χ4n) is 3.33. The van der Waals surface area contributed by atoms with Gasteiger partial charge >= 0.3 is 0 Å². The van der Waals surface area contributed by atoms with E-state index in [0.29, 0.717) is 23.2 Å². The van der Waals surface area contributed by atoms with E-state index in [1.54, 1.807) is 0 Å². The van der Waals surface area contributed by atoms with E-state index in [4.69, 9.17) is 9.15 Å². The maximum Gasteiger partial charge on any atom is 0.262 e. The van der Waals surface area contributed by atoms with E-state index in [9.17, 15) is 4.79 Å². The first-order valence-corrected chi connectivity index (χ1v) is 10.4. The number of ether oxygens (including phenoxy) is 1. The minimum absolute atomic E-state index is 0.0628. The van der Waals surface area contributed by atoms with Gasteiger partial charge in [-0.25, -0.2) is 4.98 Å². The Hall–Kier alpha value is -3.60. The minimum Gasteiger partial charge on any atom is -0.484 e. The standard InChI is InChI=1S/C26H26N2O3/c1-16(2)19-8-10-22(11-9-19)30-15-25(29)27-21-7-5-6-20(14-21)26-28-23-12-17(3)18(4)13-24(23)31-26/h5-14,16H,15H2,1-4H3,(H,27,29). The number of oxazole rings is 1. The Morgan fingerprint density at radius 3 is 2.52 bits per heavy atom. The van der Waals surface area contributed by atoms with Crippen LogP contribution in [0.15, 0.2) is 65.1 Å². The van der Waals surface area contributed by atoms with Crippen LogP contribution in [0.4, 0.5) is 5.69 Å². The number of amides is 1. The van der Waals surface area contributed by atoms with Gasteiger partial charge in [-0.15, -0.1) is 0 Å². The van der Waals surface area contributed by atoms with Crippen LogP contribution in [0.2, 0.25) is 0 Å². The predicted octanol–water partition coefficient (Wildman–Crippen LogP) is 6.25.